The molecule has 10 heteroatoms. The molecule has 0 fully saturated rings. The molecule has 198 valence electrons. The molecular weight excluding hydrogens is 470 g/mol. The third-order valence-electron chi connectivity index (χ3n) is 6.10. The van der Waals surface area contributed by atoms with Gasteiger partial charge in [0.1, 0.15) is 23.4 Å². The zero-order valence-electron chi connectivity index (χ0n) is 22.2. The van der Waals surface area contributed by atoms with Crippen LogP contribution in [0, 0.1) is 5.92 Å². The molecule has 3 aromatic rings. The number of rotatable bonds is 12. The molecule has 0 spiro atoms. The smallest absolute Gasteiger partial charge is 0.321 e. The topological polar surface area (TPSA) is 126 Å². The minimum Gasteiger partial charge on any atom is -0.495 e. The fraction of sp³-hybridized carbons (Fsp3) is 0.407. The van der Waals surface area contributed by atoms with Gasteiger partial charge in [-0.2, -0.15) is 0 Å². The summed E-state index contributed by atoms with van der Waals surface area (Å²) >= 11 is 0. The molecule has 0 aliphatic rings. The molecule has 0 aliphatic carbocycles. The van der Waals surface area contributed by atoms with Gasteiger partial charge in [0.2, 0.25) is 5.91 Å². The van der Waals surface area contributed by atoms with Crippen LogP contribution in [0.4, 0.5) is 16.3 Å². The van der Waals surface area contributed by atoms with Gasteiger partial charge in [0.25, 0.3) is 0 Å². The van der Waals surface area contributed by atoms with Crippen LogP contribution in [-0.4, -0.2) is 71.5 Å². The van der Waals surface area contributed by atoms with E-state index in [-0.39, 0.29) is 11.9 Å². The van der Waals surface area contributed by atoms with Crippen LogP contribution >= 0.6 is 0 Å². The number of amides is 3. The Labute approximate surface area is 218 Å². The molecule has 0 saturated heterocycles. The van der Waals surface area contributed by atoms with Gasteiger partial charge >= 0.3 is 6.03 Å². The van der Waals surface area contributed by atoms with Crippen molar-refractivity contribution < 1.29 is 14.3 Å². The van der Waals surface area contributed by atoms with Crippen molar-refractivity contribution in [2.45, 2.75) is 33.4 Å². The summed E-state index contributed by atoms with van der Waals surface area (Å²) in [6.07, 6.45) is 0. The summed E-state index contributed by atoms with van der Waals surface area (Å²) < 4.78 is 5.33. The number of carbonyl (C=O) groups excluding carboxylic acids is 2. The Hall–Kier alpha value is -3.92. The number of nitrogens with two attached hydrogens (primary N) is 1. The van der Waals surface area contributed by atoms with Gasteiger partial charge in [-0.05, 0) is 44.2 Å². The molecule has 0 saturated carbocycles. The van der Waals surface area contributed by atoms with Crippen molar-refractivity contribution in [2.24, 2.45) is 11.7 Å². The van der Waals surface area contributed by atoms with Crippen molar-refractivity contribution >= 4 is 34.3 Å². The Morgan fingerprint density at radius 2 is 1.76 bits per heavy atom. The first-order chi connectivity index (χ1) is 17.7. The molecule has 0 aliphatic heterocycles. The number of benzene rings is 2. The van der Waals surface area contributed by atoms with Crippen LogP contribution in [0.3, 0.4) is 0 Å². The van der Waals surface area contributed by atoms with Gasteiger partial charge in [-0.15, -0.1) is 0 Å². The number of likely N-dealkylation sites (N-methyl/N-ethyl adjacent to an activating group) is 2. The van der Waals surface area contributed by atoms with Gasteiger partial charge in [0, 0.05) is 25.0 Å². The zero-order chi connectivity index (χ0) is 26.9. The van der Waals surface area contributed by atoms with E-state index in [2.05, 4.69) is 15.5 Å². The van der Waals surface area contributed by atoms with E-state index in [1.54, 1.807) is 18.1 Å². The van der Waals surface area contributed by atoms with Crippen LogP contribution in [0.25, 0.3) is 10.9 Å². The number of para-hydroxylation sites is 3. The molecule has 1 aromatic heterocycles. The lowest BCUT2D eigenvalue weighted by Gasteiger charge is -2.25. The van der Waals surface area contributed by atoms with Crippen molar-refractivity contribution in [3.05, 3.63) is 54.4 Å². The van der Waals surface area contributed by atoms with Crippen LogP contribution in [0.15, 0.2) is 48.5 Å². The van der Waals surface area contributed by atoms with Crippen molar-refractivity contribution in [3.63, 3.8) is 0 Å². The molecule has 3 amide bonds. The molecule has 2 aromatic carbocycles. The van der Waals surface area contributed by atoms with Crippen molar-refractivity contribution in [2.75, 3.05) is 44.4 Å². The van der Waals surface area contributed by atoms with E-state index in [0.717, 1.165) is 10.9 Å². The Bertz CT molecular complexity index is 1220. The second kappa shape index (κ2) is 12.9. The highest BCUT2D eigenvalue weighted by atomic mass is 16.5. The number of primary amides is 1. The van der Waals surface area contributed by atoms with Crippen molar-refractivity contribution in [1.29, 1.82) is 0 Å². The summed E-state index contributed by atoms with van der Waals surface area (Å²) in [6.45, 7) is 7.96. The molecular formula is C27H37N7O3. The van der Waals surface area contributed by atoms with Crippen LogP contribution in [0.1, 0.15) is 26.6 Å². The maximum absolute atomic E-state index is 12.9. The van der Waals surface area contributed by atoms with Gasteiger partial charge in [-0.1, -0.05) is 38.1 Å². The molecule has 0 bridgehead atoms. The van der Waals surface area contributed by atoms with Crippen LogP contribution in [0.5, 0.6) is 5.75 Å². The lowest BCUT2D eigenvalue weighted by Crippen LogP contribution is -2.40. The number of hydrogen-bond donors (Lipinski definition) is 3. The monoisotopic (exact) mass is 507 g/mol. The molecule has 37 heavy (non-hydrogen) atoms. The fourth-order valence-electron chi connectivity index (χ4n) is 3.98. The molecule has 10 nitrogen and oxygen atoms in total. The molecule has 0 unspecified atom stereocenters. The van der Waals surface area contributed by atoms with Crippen LogP contribution in [-0.2, 0) is 11.3 Å². The first-order valence-corrected chi connectivity index (χ1v) is 12.4. The Morgan fingerprint density at radius 1 is 1.05 bits per heavy atom. The van der Waals surface area contributed by atoms with Crippen molar-refractivity contribution in [1.82, 2.24) is 19.8 Å². The third kappa shape index (κ3) is 7.29. The number of methoxy groups -OCH3 is 1. The SMILES string of the molecule is CCN(CCN(C)Cc1nc(N[C@H](C(N)=O)C(C)C)c2ccccc2n1)C(=O)Nc1ccccc1OC. The van der Waals surface area contributed by atoms with Crippen LogP contribution in [0.2, 0.25) is 0 Å². The average Bonchev–Trinajstić information content (AvgIpc) is 2.87. The number of nitrogens with zero attached hydrogens (tertiary/aromatic N) is 4. The highest BCUT2D eigenvalue weighted by Crippen LogP contribution is 2.24. The van der Waals surface area contributed by atoms with Gasteiger partial charge in [0.05, 0.1) is 24.9 Å². The van der Waals surface area contributed by atoms with E-state index in [0.29, 0.717) is 49.3 Å². The quantitative estimate of drug-likeness (QED) is 0.342. The first kappa shape index (κ1) is 27.7. The minimum atomic E-state index is -0.552. The number of anilines is 2. The Kier molecular flexibility index (Phi) is 9.62. The molecule has 1 atom stereocenters. The molecule has 1 heterocycles. The number of fused-ring (bicyclic) bond motifs is 1. The van der Waals surface area contributed by atoms with E-state index in [1.807, 2.05) is 70.3 Å². The molecule has 0 radical (unpaired) electrons. The summed E-state index contributed by atoms with van der Waals surface area (Å²) in [4.78, 5) is 38.1. The number of hydrogen-bond acceptors (Lipinski definition) is 7. The number of nitrogens with one attached hydrogen (secondary N) is 2. The number of aromatic nitrogens is 2. The van der Waals surface area contributed by atoms with Gasteiger partial charge in [-0.25, -0.2) is 14.8 Å². The summed E-state index contributed by atoms with van der Waals surface area (Å²) in [5, 5.41) is 6.97. The normalized spacial score (nSPS) is 12.0. The second-order valence-corrected chi connectivity index (χ2v) is 9.22. The Balaban J connectivity index is 1.69. The third-order valence-corrected chi connectivity index (χ3v) is 6.10. The molecule has 4 N–H and O–H groups in total. The maximum Gasteiger partial charge on any atom is 0.321 e. The average molecular weight is 508 g/mol. The van der Waals surface area contributed by atoms with E-state index in [4.69, 9.17) is 20.4 Å². The van der Waals surface area contributed by atoms with Crippen molar-refractivity contribution in [3.8, 4) is 5.75 Å². The van der Waals surface area contributed by atoms with Gasteiger partial charge in [-0.3, -0.25) is 9.69 Å². The van der Waals surface area contributed by atoms with Gasteiger partial charge < -0.3 is 26.0 Å². The second-order valence-electron chi connectivity index (χ2n) is 9.22. The predicted molar refractivity (Wildman–Crippen MR) is 147 cm³/mol. The van der Waals surface area contributed by atoms with E-state index in [9.17, 15) is 9.59 Å². The van der Waals surface area contributed by atoms with Gasteiger partial charge in [0.15, 0.2) is 0 Å². The van der Waals surface area contributed by atoms with E-state index in [1.165, 1.54) is 0 Å². The zero-order valence-corrected chi connectivity index (χ0v) is 22.2. The summed E-state index contributed by atoms with van der Waals surface area (Å²) in [7, 11) is 3.53. The highest BCUT2D eigenvalue weighted by Gasteiger charge is 2.22. The lowest BCUT2D eigenvalue weighted by molar-refractivity contribution is -0.119. The largest absolute Gasteiger partial charge is 0.495 e. The summed E-state index contributed by atoms with van der Waals surface area (Å²) in [6, 6.07) is 14.2. The summed E-state index contributed by atoms with van der Waals surface area (Å²) in [5.74, 6) is 1.37. The molecule has 3 rings (SSSR count). The van der Waals surface area contributed by atoms with Crippen LogP contribution < -0.4 is 21.1 Å². The highest BCUT2D eigenvalue weighted by molar-refractivity contribution is 5.92. The van der Waals surface area contributed by atoms with E-state index >= 15 is 0 Å². The van der Waals surface area contributed by atoms with E-state index < -0.39 is 11.9 Å². The maximum atomic E-state index is 12.9. The fourth-order valence-corrected chi connectivity index (χ4v) is 3.98. The number of urea groups is 1. The lowest BCUT2D eigenvalue weighted by atomic mass is 10.0. The first-order valence-electron chi connectivity index (χ1n) is 12.4. The number of carbonyl (C=O) groups is 2. The minimum absolute atomic E-state index is 0.000575. The summed E-state index contributed by atoms with van der Waals surface area (Å²) in [5.41, 5.74) is 7.03. The number of ether oxygens (including phenoxy) is 1. The Morgan fingerprint density at radius 3 is 2.43 bits per heavy atom. The standard InChI is InChI=1S/C27H37N7O3/c1-6-34(27(36)30-21-13-9-10-14-22(21)37-5)16-15-33(4)17-23-29-20-12-8-7-11-19(20)26(31-23)32-24(18(2)3)25(28)35/h7-14,18,24H,6,15-17H2,1-5H3,(H2,28,35)(H,30,36)(H,29,31,32)/t24-/m0/s1. The predicted octanol–water partition coefficient (Wildman–Crippen LogP) is 3.55.